The number of anilines is 2. The fourth-order valence-corrected chi connectivity index (χ4v) is 3.08. The van der Waals surface area contributed by atoms with Crippen LogP contribution in [0.2, 0.25) is 5.02 Å². The summed E-state index contributed by atoms with van der Waals surface area (Å²) in [6.45, 7) is 0. The molecule has 1 heterocycles. The SMILES string of the molecule is N#C/C(C(=O)Nc1ccc(Cl)cc1)=C1\Nc2ccccc2S1. The normalized spacial score (nSPS) is 14.5. The van der Waals surface area contributed by atoms with Crippen molar-refractivity contribution < 1.29 is 4.79 Å². The Bertz CT molecular complexity index is 782. The van der Waals surface area contributed by atoms with Gasteiger partial charge in [-0.25, -0.2) is 0 Å². The molecule has 0 unspecified atom stereocenters. The summed E-state index contributed by atoms with van der Waals surface area (Å²) in [6.07, 6.45) is 0. The van der Waals surface area contributed by atoms with Gasteiger partial charge in [-0.2, -0.15) is 5.26 Å². The van der Waals surface area contributed by atoms with E-state index in [9.17, 15) is 10.1 Å². The van der Waals surface area contributed by atoms with Crippen LogP contribution in [0.5, 0.6) is 0 Å². The average Bonchev–Trinajstić information content (AvgIpc) is 2.94. The molecule has 0 aromatic heterocycles. The van der Waals surface area contributed by atoms with E-state index in [0.29, 0.717) is 15.7 Å². The Morgan fingerprint density at radius 3 is 2.59 bits per heavy atom. The van der Waals surface area contributed by atoms with E-state index in [0.717, 1.165) is 10.6 Å². The van der Waals surface area contributed by atoms with Crippen LogP contribution in [0, 0.1) is 11.3 Å². The van der Waals surface area contributed by atoms with Gasteiger partial charge in [0.25, 0.3) is 5.91 Å². The molecule has 3 rings (SSSR count). The van der Waals surface area contributed by atoms with Gasteiger partial charge in [0.2, 0.25) is 0 Å². The maximum Gasteiger partial charge on any atom is 0.269 e. The zero-order valence-electron chi connectivity index (χ0n) is 11.3. The average molecular weight is 328 g/mol. The van der Waals surface area contributed by atoms with Crippen LogP contribution in [-0.2, 0) is 4.79 Å². The maximum atomic E-state index is 12.3. The first-order valence-electron chi connectivity index (χ1n) is 6.42. The van der Waals surface area contributed by atoms with Crippen molar-refractivity contribution in [3.05, 3.63) is 64.2 Å². The predicted octanol–water partition coefficient (Wildman–Crippen LogP) is 4.23. The van der Waals surface area contributed by atoms with E-state index in [2.05, 4.69) is 10.6 Å². The van der Waals surface area contributed by atoms with Gasteiger partial charge in [-0.05, 0) is 36.4 Å². The highest BCUT2D eigenvalue weighted by Crippen LogP contribution is 2.41. The Morgan fingerprint density at radius 2 is 1.91 bits per heavy atom. The summed E-state index contributed by atoms with van der Waals surface area (Å²) in [6, 6.07) is 16.3. The number of fused-ring (bicyclic) bond motifs is 1. The van der Waals surface area contributed by atoms with Crippen molar-refractivity contribution >= 4 is 40.6 Å². The Balaban J connectivity index is 1.83. The van der Waals surface area contributed by atoms with Gasteiger partial charge in [-0.3, -0.25) is 4.79 Å². The monoisotopic (exact) mass is 327 g/mol. The summed E-state index contributed by atoms with van der Waals surface area (Å²) < 4.78 is 0. The zero-order chi connectivity index (χ0) is 15.5. The van der Waals surface area contributed by atoms with Gasteiger partial charge >= 0.3 is 0 Å². The molecule has 0 saturated carbocycles. The summed E-state index contributed by atoms with van der Waals surface area (Å²) >= 11 is 7.18. The molecule has 6 heteroatoms. The lowest BCUT2D eigenvalue weighted by atomic mass is 10.2. The summed E-state index contributed by atoms with van der Waals surface area (Å²) in [4.78, 5) is 13.3. The number of hydrogen-bond donors (Lipinski definition) is 2. The number of nitrogens with one attached hydrogen (secondary N) is 2. The molecule has 0 fully saturated rings. The fraction of sp³-hybridized carbons (Fsp3) is 0. The first kappa shape index (κ1) is 14.5. The third-order valence-electron chi connectivity index (χ3n) is 3.02. The van der Waals surface area contributed by atoms with E-state index in [-0.39, 0.29) is 5.57 Å². The van der Waals surface area contributed by atoms with Crippen molar-refractivity contribution in [1.29, 1.82) is 5.26 Å². The van der Waals surface area contributed by atoms with E-state index >= 15 is 0 Å². The fourth-order valence-electron chi connectivity index (χ4n) is 1.96. The van der Waals surface area contributed by atoms with Crippen LogP contribution >= 0.6 is 23.4 Å². The number of thioether (sulfide) groups is 1. The van der Waals surface area contributed by atoms with Gasteiger partial charge in [0, 0.05) is 15.6 Å². The standard InChI is InChI=1S/C16H10ClN3OS/c17-10-5-7-11(8-6-10)19-15(21)12(9-18)16-20-13-3-1-2-4-14(13)22-16/h1-8,20H,(H,19,21)/b16-12-. The van der Waals surface area contributed by atoms with Crippen molar-refractivity contribution in [3.8, 4) is 6.07 Å². The minimum atomic E-state index is -0.451. The smallest absolute Gasteiger partial charge is 0.269 e. The van der Waals surface area contributed by atoms with Gasteiger partial charge in [0.05, 0.1) is 5.69 Å². The van der Waals surface area contributed by atoms with Gasteiger partial charge in [0.15, 0.2) is 0 Å². The number of rotatable bonds is 2. The molecule has 0 spiro atoms. The molecule has 0 saturated heterocycles. The van der Waals surface area contributed by atoms with Crippen LogP contribution in [-0.4, -0.2) is 5.91 Å². The highest BCUT2D eigenvalue weighted by atomic mass is 35.5. The molecule has 0 radical (unpaired) electrons. The molecule has 2 N–H and O–H groups in total. The van der Waals surface area contributed by atoms with Crippen molar-refractivity contribution in [2.24, 2.45) is 0 Å². The second-order valence-electron chi connectivity index (χ2n) is 4.50. The number of nitriles is 1. The first-order valence-corrected chi connectivity index (χ1v) is 7.62. The Labute approximate surface area is 136 Å². The number of carbonyl (C=O) groups excluding carboxylic acids is 1. The molecule has 0 aliphatic carbocycles. The van der Waals surface area contributed by atoms with E-state index < -0.39 is 5.91 Å². The highest BCUT2D eigenvalue weighted by Gasteiger charge is 2.23. The Hall–Kier alpha value is -2.42. The molecule has 4 nitrogen and oxygen atoms in total. The third-order valence-corrected chi connectivity index (χ3v) is 4.35. The number of hydrogen-bond acceptors (Lipinski definition) is 4. The molecule has 0 atom stereocenters. The van der Waals surface area contributed by atoms with Crippen molar-refractivity contribution in [1.82, 2.24) is 0 Å². The van der Waals surface area contributed by atoms with Gasteiger partial charge in [-0.15, -0.1) is 0 Å². The van der Waals surface area contributed by atoms with E-state index in [1.807, 2.05) is 30.3 Å². The molecular formula is C16H10ClN3OS. The lowest BCUT2D eigenvalue weighted by Crippen LogP contribution is -2.15. The lowest BCUT2D eigenvalue weighted by molar-refractivity contribution is -0.112. The highest BCUT2D eigenvalue weighted by molar-refractivity contribution is 8.03. The molecule has 2 aromatic rings. The van der Waals surface area contributed by atoms with Crippen LogP contribution in [0.15, 0.2) is 64.0 Å². The first-order chi connectivity index (χ1) is 10.7. The summed E-state index contributed by atoms with van der Waals surface area (Å²) in [5.41, 5.74) is 1.54. The minimum absolute atomic E-state index is 0.0520. The predicted molar refractivity (Wildman–Crippen MR) is 88.6 cm³/mol. The molecule has 22 heavy (non-hydrogen) atoms. The van der Waals surface area contributed by atoms with Gasteiger partial charge in [0.1, 0.15) is 16.7 Å². The quantitative estimate of drug-likeness (QED) is 0.640. The van der Waals surface area contributed by atoms with Crippen LogP contribution in [0.1, 0.15) is 0 Å². The van der Waals surface area contributed by atoms with Crippen LogP contribution in [0.25, 0.3) is 0 Å². The van der Waals surface area contributed by atoms with E-state index in [4.69, 9.17) is 11.6 Å². The van der Waals surface area contributed by atoms with E-state index in [1.165, 1.54) is 11.8 Å². The summed E-state index contributed by atoms with van der Waals surface area (Å²) in [5, 5.41) is 16.2. The van der Waals surface area contributed by atoms with E-state index in [1.54, 1.807) is 24.3 Å². The Morgan fingerprint density at radius 1 is 1.18 bits per heavy atom. The largest absolute Gasteiger partial charge is 0.348 e. The second kappa shape index (κ2) is 6.14. The van der Waals surface area contributed by atoms with Crippen molar-refractivity contribution in [3.63, 3.8) is 0 Å². The maximum absolute atomic E-state index is 12.3. The lowest BCUT2D eigenvalue weighted by Gasteiger charge is -2.06. The van der Waals surface area contributed by atoms with Crippen LogP contribution in [0.3, 0.4) is 0 Å². The molecule has 1 aliphatic rings. The zero-order valence-corrected chi connectivity index (χ0v) is 12.8. The van der Waals surface area contributed by atoms with Crippen LogP contribution < -0.4 is 10.6 Å². The topological polar surface area (TPSA) is 64.9 Å². The summed E-state index contributed by atoms with van der Waals surface area (Å²) in [7, 11) is 0. The number of carbonyl (C=O) groups is 1. The number of halogens is 1. The van der Waals surface area contributed by atoms with Crippen molar-refractivity contribution in [2.75, 3.05) is 10.6 Å². The molecule has 0 bridgehead atoms. The molecule has 1 amide bonds. The molecule has 2 aromatic carbocycles. The number of para-hydroxylation sites is 1. The number of amides is 1. The molecule has 108 valence electrons. The molecule has 1 aliphatic heterocycles. The number of nitrogens with zero attached hydrogens (tertiary/aromatic N) is 1. The van der Waals surface area contributed by atoms with Gasteiger partial charge in [-0.1, -0.05) is 35.5 Å². The summed E-state index contributed by atoms with van der Waals surface area (Å²) in [5.74, 6) is -0.451. The molecular weight excluding hydrogens is 318 g/mol. The third kappa shape index (κ3) is 2.93. The second-order valence-corrected chi connectivity index (χ2v) is 5.99. The van der Waals surface area contributed by atoms with Crippen molar-refractivity contribution in [2.45, 2.75) is 4.90 Å². The number of benzene rings is 2. The van der Waals surface area contributed by atoms with Gasteiger partial charge < -0.3 is 10.6 Å². The minimum Gasteiger partial charge on any atom is -0.348 e. The Kier molecular flexibility index (Phi) is 4.05. The van der Waals surface area contributed by atoms with Crippen LogP contribution in [0.4, 0.5) is 11.4 Å².